The summed E-state index contributed by atoms with van der Waals surface area (Å²) in [6.45, 7) is 4.32. The number of aromatic carboxylic acids is 1. The zero-order valence-electron chi connectivity index (χ0n) is 15.4. The number of amides is 1. The van der Waals surface area contributed by atoms with E-state index in [2.05, 4.69) is 22.1 Å². The van der Waals surface area contributed by atoms with Gasteiger partial charge in [0, 0.05) is 51.9 Å². The number of hydrogen-bond acceptors (Lipinski definition) is 5. The second kappa shape index (κ2) is 8.68. The number of ether oxygens (including phenoxy) is 1. The Hall–Kier alpha value is -2.87. The smallest absolute Gasteiger partial charge is 0.356 e. The second-order valence-electron chi connectivity index (χ2n) is 6.52. The van der Waals surface area contributed by atoms with E-state index in [1.54, 1.807) is 13.3 Å². The van der Waals surface area contributed by atoms with Gasteiger partial charge in [-0.05, 0) is 23.8 Å². The van der Waals surface area contributed by atoms with Crippen LogP contribution >= 0.6 is 0 Å². The average Bonchev–Trinajstić information content (AvgIpc) is 3.17. The summed E-state index contributed by atoms with van der Waals surface area (Å²) in [5.74, 6) is -0.138. The van der Waals surface area contributed by atoms with Gasteiger partial charge in [-0.2, -0.15) is 5.10 Å². The molecule has 0 bridgehead atoms. The third-order valence-electron chi connectivity index (χ3n) is 4.70. The predicted octanol–water partition coefficient (Wildman–Crippen LogP) is 1.32. The minimum atomic E-state index is -1.06. The Bertz CT molecular complexity index is 779. The van der Waals surface area contributed by atoms with Crippen molar-refractivity contribution in [2.45, 2.75) is 19.5 Å². The number of aryl methyl sites for hydroxylation is 1. The first-order chi connectivity index (χ1) is 13.0. The molecule has 3 rings (SSSR count). The third-order valence-corrected chi connectivity index (χ3v) is 4.70. The van der Waals surface area contributed by atoms with E-state index < -0.39 is 5.97 Å². The van der Waals surface area contributed by atoms with E-state index in [0.29, 0.717) is 26.1 Å². The minimum absolute atomic E-state index is 0.00500. The van der Waals surface area contributed by atoms with Crippen molar-refractivity contribution in [3.05, 3.63) is 47.8 Å². The molecule has 144 valence electrons. The molecule has 0 unspecified atom stereocenters. The van der Waals surface area contributed by atoms with Crippen LogP contribution in [0, 0.1) is 0 Å². The van der Waals surface area contributed by atoms with Crippen LogP contribution < -0.4 is 4.74 Å². The summed E-state index contributed by atoms with van der Waals surface area (Å²) >= 11 is 0. The van der Waals surface area contributed by atoms with Crippen molar-refractivity contribution < 1.29 is 19.4 Å². The van der Waals surface area contributed by atoms with Crippen molar-refractivity contribution in [3.8, 4) is 5.75 Å². The molecule has 8 heteroatoms. The topological polar surface area (TPSA) is 87.9 Å². The van der Waals surface area contributed by atoms with Crippen LogP contribution in [-0.2, 0) is 17.9 Å². The Morgan fingerprint density at radius 2 is 1.81 bits per heavy atom. The lowest BCUT2D eigenvalue weighted by Crippen LogP contribution is -2.48. The average molecular weight is 372 g/mol. The Balaban J connectivity index is 1.42. The van der Waals surface area contributed by atoms with E-state index in [4.69, 9.17) is 9.84 Å². The molecule has 0 atom stereocenters. The Kier molecular flexibility index (Phi) is 6.08. The molecular formula is C19H24N4O4. The highest BCUT2D eigenvalue weighted by Crippen LogP contribution is 2.14. The van der Waals surface area contributed by atoms with Crippen LogP contribution in [0.2, 0.25) is 0 Å². The highest BCUT2D eigenvalue weighted by atomic mass is 16.5. The van der Waals surface area contributed by atoms with Gasteiger partial charge in [0.15, 0.2) is 5.69 Å². The molecule has 27 heavy (non-hydrogen) atoms. The molecule has 1 fully saturated rings. The van der Waals surface area contributed by atoms with Crippen LogP contribution in [0.1, 0.15) is 22.5 Å². The molecule has 1 N–H and O–H groups in total. The molecule has 1 aliphatic heterocycles. The van der Waals surface area contributed by atoms with Gasteiger partial charge in [-0.3, -0.25) is 14.4 Å². The van der Waals surface area contributed by atoms with Crippen molar-refractivity contribution in [3.63, 3.8) is 0 Å². The molecule has 0 aliphatic carbocycles. The SMILES string of the molecule is COc1ccc(CN2CCN(C(=O)CCn3ccc(C(=O)O)n3)CC2)cc1. The summed E-state index contributed by atoms with van der Waals surface area (Å²) in [7, 11) is 1.66. The van der Waals surface area contributed by atoms with E-state index in [0.717, 1.165) is 25.4 Å². The van der Waals surface area contributed by atoms with Gasteiger partial charge in [-0.25, -0.2) is 4.79 Å². The van der Waals surface area contributed by atoms with Gasteiger partial charge < -0.3 is 14.7 Å². The number of carboxylic acids is 1. The molecule has 1 aromatic carbocycles. The van der Waals surface area contributed by atoms with Crippen LogP contribution in [0.5, 0.6) is 5.75 Å². The van der Waals surface area contributed by atoms with Crippen molar-refractivity contribution >= 4 is 11.9 Å². The fraction of sp³-hybridized carbons (Fsp3) is 0.421. The fourth-order valence-corrected chi connectivity index (χ4v) is 3.11. The van der Waals surface area contributed by atoms with Crippen molar-refractivity contribution in [2.24, 2.45) is 0 Å². The van der Waals surface area contributed by atoms with Crippen LogP contribution in [-0.4, -0.2) is 69.9 Å². The summed E-state index contributed by atoms with van der Waals surface area (Å²) in [5, 5.41) is 12.8. The monoisotopic (exact) mass is 372 g/mol. The molecule has 8 nitrogen and oxygen atoms in total. The maximum atomic E-state index is 12.4. The van der Waals surface area contributed by atoms with Gasteiger partial charge >= 0.3 is 5.97 Å². The number of hydrogen-bond donors (Lipinski definition) is 1. The number of carbonyl (C=O) groups excluding carboxylic acids is 1. The largest absolute Gasteiger partial charge is 0.497 e. The number of aromatic nitrogens is 2. The number of rotatable bonds is 7. The standard InChI is InChI=1S/C19H24N4O4/c1-27-16-4-2-15(3-5-16)14-21-10-12-22(13-11-21)18(24)7-9-23-8-6-17(20-23)19(25)26/h2-6,8H,7,9-14H2,1H3,(H,25,26). The van der Waals surface area contributed by atoms with Gasteiger partial charge in [0.1, 0.15) is 5.75 Å². The van der Waals surface area contributed by atoms with E-state index in [-0.39, 0.29) is 11.6 Å². The molecular weight excluding hydrogens is 348 g/mol. The Morgan fingerprint density at radius 3 is 2.41 bits per heavy atom. The van der Waals surface area contributed by atoms with Crippen molar-refractivity contribution in [1.82, 2.24) is 19.6 Å². The molecule has 2 aromatic rings. The zero-order valence-corrected chi connectivity index (χ0v) is 15.4. The fourth-order valence-electron chi connectivity index (χ4n) is 3.11. The summed E-state index contributed by atoms with van der Waals surface area (Å²) in [5.41, 5.74) is 1.22. The van der Waals surface area contributed by atoms with Gasteiger partial charge in [-0.1, -0.05) is 12.1 Å². The van der Waals surface area contributed by atoms with Crippen LogP contribution in [0.4, 0.5) is 0 Å². The normalized spacial score (nSPS) is 14.9. The summed E-state index contributed by atoms with van der Waals surface area (Å²) in [6.07, 6.45) is 1.91. The lowest BCUT2D eigenvalue weighted by Gasteiger charge is -2.34. The maximum Gasteiger partial charge on any atom is 0.356 e. The summed E-state index contributed by atoms with van der Waals surface area (Å²) in [4.78, 5) is 27.4. The molecule has 0 radical (unpaired) electrons. The van der Waals surface area contributed by atoms with Crippen LogP contribution in [0.3, 0.4) is 0 Å². The summed E-state index contributed by atoms with van der Waals surface area (Å²) in [6, 6.07) is 9.47. The first-order valence-electron chi connectivity index (χ1n) is 8.95. The van der Waals surface area contributed by atoms with Gasteiger partial charge in [0.2, 0.25) is 5.91 Å². The number of carboxylic acid groups (broad SMARTS) is 1. The molecule has 1 aromatic heterocycles. The molecule has 1 saturated heterocycles. The zero-order chi connectivity index (χ0) is 19.2. The molecule has 0 spiro atoms. The predicted molar refractivity (Wildman–Crippen MR) is 98.7 cm³/mol. The third kappa shape index (κ3) is 5.07. The molecule has 2 heterocycles. The molecule has 1 aliphatic rings. The highest BCUT2D eigenvalue weighted by Gasteiger charge is 2.21. The number of benzene rings is 1. The minimum Gasteiger partial charge on any atom is -0.497 e. The Morgan fingerprint density at radius 1 is 1.11 bits per heavy atom. The summed E-state index contributed by atoms with van der Waals surface area (Å²) < 4.78 is 6.68. The molecule has 1 amide bonds. The van der Waals surface area contributed by atoms with E-state index >= 15 is 0 Å². The lowest BCUT2D eigenvalue weighted by atomic mass is 10.2. The van der Waals surface area contributed by atoms with Gasteiger partial charge in [-0.15, -0.1) is 0 Å². The van der Waals surface area contributed by atoms with Crippen LogP contribution in [0.25, 0.3) is 0 Å². The highest BCUT2D eigenvalue weighted by molar-refractivity contribution is 5.85. The second-order valence-corrected chi connectivity index (χ2v) is 6.52. The van der Waals surface area contributed by atoms with Gasteiger partial charge in [0.05, 0.1) is 7.11 Å². The lowest BCUT2D eigenvalue weighted by molar-refractivity contribution is -0.133. The maximum absolute atomic E-state index is 12.4. The first kappa shape index (κ1) is 18.9. The van der Waals surface area contributed by atoms with Crippen molar-refractivity contribution in [2.75, 3.05) is 33.3 Å². The van der Waals surface area contributed by atoms with Crippen LogP contribution in [0.15, 0.2) is 36.5 Å². The van der Waals surface area contributed by atoms with Gasteiger partial charge in [0.25, 0.3) is 0 Å². The molecule has 0 saturated carbocycles. The van der Waals surface area contributed by atoms with E-state index in [1.165, 1.54) is 16.3 Å². The number of carbonyl (C=O) groups is 2. The van der Waals surface area contributed by atoms with E-state index in [1.807, 2.05) is 17.0 Å². The number of nitrogens with zero attached hydrogens (tertiary/aromatic N) is 4. The Labute approximate surface area is 157 Å². The van der Waals surface area contributed by atoms with E-state index in [9.17, 15) is 9.59 Å². The number of piperazine rings is 1. The number of methoxy groups -OCH3 is 1. The quantitative estimate of drug-likeness (QED) is 0.789. The first-order valence-corrected chi connectivity index (χ1v) is 8.95. The van der Waals surface area contributed by atoms with Crippen molar-refractivity contribution in [1.29, 1.82) is 0 Å².